The maximum atomic E-state index is 12.8. The second-order valence-electron chi connectivity index (χ2n) is 6.92. The van der Waals surface area contributed by atoms with Gasteiger partial charge in [-0.3, -0.25) is 14.5 Å². The molecule has 0 aliphatic carbocycles. The first-order chi connectivity index (χ1) is 14.1. The predicted octanol–water partition coefficient (Wildman–Crippen LogP) is 1.61. The second-order valence-corrected chi connectivity index (χ2v) is 6.92. The third kappa shape index (κ3) is 5.56. The zero-order valence-corrected chi connectivity index (χ0v) is 16.7. The molecule has 154 valence electrons. The summed E-state index contributed by atoms with van der Waals surface area (Å²) in [6.07, 6.45) is 2.29. The largest absolute Gasteiger partial charge is 0.492 e. The van der Waals surface area contributed by atoms with Crippen LogP contribution >= 0.6 is 0 Å². The summed E-state index contributed by atoms with van der Waals surface area (Å²) in [5, 5.41) is 2.87. The molecule has 0 radical (unpaired) electrons. The van der Waals surface area contributed by atoms with Gasteiger partial charge >= 0.3 is 0 Å². The molecule has 0 bridgehead atoms. The number of hydrogen-bond acceptors (Lipinski definition) is 6. The van der Waals surface area contributed by atoms with Gasteiger partial charge in [-0.25, -0.2) is 0 Å². The van der Waals surface area contributed by atoms with Gasteiger partial charge in [0.15, 0.2) is 6.29 Å². The number of aldehydes is 1. The van der Waals surface area contributed by atoms with Crippen LogP contribution in [-0.4, -0.2) is 62.3 Å². The molecule has 1 aromatic heterocycles. The summed E-state index contributed by atoms with van der Waals surface area (Å²) >= 11 is 0. The Hall–Kier alpha value is -2.90. The molecule has 1 aliphatic rings. The molecule has 1 N–H and O–H groups in total. The van der Waals surface area contributed by atoms with E-state index in [0.717, 1.165) is 50.4 Å². The van der Waals surface area contributed by atoms with Crippen LogP contribution in [0.25, 0.3) is 5.70 Å². The van der Waals surface area contributed by atoms with E-state index in [1.807, 2.05) is 24.3 Å². The fourth-order valence-corrected chi connectivity index (χ4v) is 3.24. The number of hydrogen-bond donors (Lipinski definition) is 1. The van der Waals surface area contributed by atoms with Crippen molar-refractivity contribution < 1.29 is 14.3 Å². The van der Waals surface area contributed by atoms with E-state index in [2.05, 4.69) is 16.8 Å². The summed E-state index contributed by atoms with van der Waals surface area (Å²) in [7, 11) is 1.69. The van der Waals surface area contributed by atoms with Crippen molar-refractivity contribution in [3.8, 4) is 5.75 Å². The Morgan fingerprint density at radius 3 is 2.83 bits per heavy atom. The van der Waals surface area contributed by atoms with Crippen molar-refractivity contribution in [2.24, 2.45) is 0 Å². The first-order valence-corrected chi connectivity index (χ1v) is 9.69. The minimum absolute atomic E-state index is 0.200. The minimum Gasteiger partial charge on any atom is -0.492 e. The van der Waals surface area contributed by atoms with Crippen molar-refractivity contribution in [3.05, 3.63) is 70.2 Å². The Morgan fingerprint density at radius 1 is 1.31 bits per heavy atom. The standard InChI is InChI=1S/C22H27N3O4/c1-17(23-2)21-13-19(16-26)15-25(22(21)27)14-18-4-3-5-20(12-18)29-11-8-24-6-9-28-10-7-24/h3-5,12-13,15-16,23H,1,6-11,14H2,2H3. The van der Waals surface area contributed by atoms with Crippen molar-refractivity contribution in [3.63, 3.8) is 0 Å². The first kappa shape index (κ1) is 20.8. The van der Waals surface area contributed by atoms with Gasteiger partial charge in [-0.15, -0.1) is 0 Å². The number of carbonyl (C=O) groups is 1. The van der Waals surface area contributed by atoms with Crippen molar-refractivity contribution in [1.82, 2.24) is 14.8 Å². The number of aromatic nitrogens is 1. The fourth-order valence-electron chi connectivity index (χ4n) is 3.24. The van der Waals surface area contributed by atoms with E-state index in [0.29, 0.717) is 30.0 Å². The van der Waals surface area contributed by atoms with E-state index in [9.17, 15) is 9.59 Å². The van der Waals surface area contributed by atoms with Crippen LogP contribution in [-0.2, 0) is 11.3 Å². The summed E-state index contributed by atoms with van der Waals surface area (Å²) in [6.45, 7) is 9.03. The number of ether oxygens (including phenoxy) is 2. The van der Waals surface area contributed by atoms with E-state index < -0.39 is 0 Å². The number of morpholine rings is 1. The van der Waals surface area contributed by atoms with Crippen LogP contribution in [0.1, 0.15) is 21.5 Å². The Bertz CT molecular complexity index is 917. The molecule has 7 nitrogen and oxygen atoms in total. The maximum absolute atomic E-state index is 12.8. The average molecular weight is 397 g/mol. The fraction of sp³-hybridized carbons (Fsp3) is 0.364. The third-order valence-electron chi connectivity index (χ3n) is 4.90. The quantitative estimate of drug-likeness (QED) is 0.648. The SMILES string of the molecule is C=C(NC)c1cc(C=O)cn(Cc2cccc(OCCN3CCOCC3)c2)c1=O. The Morgan fingerprint density at radius 2 is 2.10 bits per heavy atom. The van der Waals surface area contributed by atoms with Gasteiger partial charge in [-0.05, 0) is 23.8 Å². The van der Waals surface area contributed by atoms with Crippen molar-refractivity contribution >= 4 is 12.0 Å². The van der Waals surface area contributed by atoms with Crippen LogP contribution in [0, 0.1) is 0 Å². The molecule has 2 heterocycles. The highest BCUT2D eigenvalue weighted by Gasteiger charge is 2.11. The smallest absolute Gasteiger partial charge is 0.260 e. The zero-order valence-electron chi connectivity index (χ0n) is 16.7. The lowest BCUT2D eigenvalue weighted by molar-refractivity contribution is 0.0322. The molecule has 0 atom stereocenters. The van der Waals surface area contributed by atoms with Gasteiger partial charge in [0.25, 0.3) is 5.56 Å². The summed E-state index contributed by atoms with van der Waals surface area (Å²) in [5.74, 6) is 0.759. The van der Waals surface area contributed by atoms with Crippen LogP contribution in [0.2, 0.25) is 0 Å². The van der Waals surface area contributed by atoms with Gasteiger partial charge in [0.2, 0.25) is 0 Å². The first-order valence-electron chi connectivity index (χ1n) is 9.69. The van der Waals surface area contributed by atoms with Crippen LogP contribution < -0.4 is 15.6 Å². The summed E-state index contributed by atoms with van der Waals surface area (Å²) in [6, 6.07) is 9.21. The van der Waals surface area contributed by atoms with Crippen LogP contribution in [0.15, 0.2) is 47.9 Å². The molecule has 1 aliphatic heterocycles. The molecule has 0 unspecified atom stereocenters. The van der Waals surface area contributed by atoms with Crippen LogP contribution in [0.4, 0.5) is 0 Å². The molecule has 3 rings (SSSR count). The molecule has 29 heavy (non-hydrogen) atoms. The lowest BCUT2D eigenvalue weighted by atomic mass is 10.1. The summed E-state index contributed by atoms with van der Waals surface area (Å²) in [5.41, 5.74) is 2.00. The lowest BCUT2D eigenvalue weighted by Gasteiger charge is -2.26. The van der Waals surface area contributed by atoms with Gasteiger partial charge in [0, 0.05) is 44.1 Å². The Balaban J connectivity index is 1.70. The van der Waals surface area contributed by atoms with E-state index >= 15 is 0 Å². The normalized spacial score (nSPS) is 14.4. The maximum Gasteiger partial charge on any atom is 0.260 e. The molecule has 7 heteroatoms. The highest BCUT2D eigenvalue weighted by atomic mass is 16.5. The molecule has 0 amide bonds. The van der Waals surface area contributed by atoms with E-state index in [1.165, 1.54) is 4.57 Å². The zero-order chi connectivity index (χ0) is 20.6. The number of carbonyl (C=O) groups excluding carboxylic acids is 1. The third-order valence-corrected chi connectivity index (χ3v) is 4.90. The summed E-state index contributed by atoms with van der Waals surface area (Å²) in [4.78, 5) is 26.4. The molecule has 0 spiro atoms. The van der Waals surface area contributed by atoms with Crippen LogP contribution in [0.5, 0.6) is 5.75 Å². The number of rotatable bonds is 9. The second kappa shape index (κ2) is 10.0. The van der Waals surface area contributed by atoms with Crippen molar-refractivity contribution in [2.45, 2.75) is 6.54 Å². The van der Waals surface area contributed by atoms with Gasteiger partial charge in [0.05, 0.1) is 25.3 Å². The Labute approximate surface area is 170 Å². The number of nitrogens with one attached hydrogen (secondary N) is 1. The van der Waals surface area contributed by atoms with Gasteiger partial charge in [-0.1, -0.05) is 18.7 Å². The van der Waals surface area contributed by atoms with E-state index in [4.69, 9.17) is 9.47 Å². The highest BCUT2D eigenvalue weighted by Crippen LogP contribution is 2.15. The molecule has 1 fully saturated rings. The monoisotopic (exact) mass is 397 g/mol. The van der Waals surface area contributed by atoms with E-state index in [1.54, 1.807) is 19.3 Å². The number of benzene rings is 1. The molecular weight excluding hydrogens is 370 g/mol. The van der Waals surface area contributed by atoms with Crippen LogP contribution in [0.3, 0.4) is 0 Å². The van der Waals surface area contributed by atoms with Crippen molar-refractivity contribution in [2.75, 3.05) is 46.5 Å². The van der Waals surface area contributed by atoms with E-state index in [-0.39, 0.29) is 5.56 Å². The highest BCUT2D eigenvalue weighted by molar-refractivity contribution is 5.76. The molecule has 0 saturated carbocycles. The Kier molecular flexibility index (Phi) is 7.21. The van der Waals surface area contributed by atoms with Gasteiger partial charge in [0.1, 0.15) is 12.4 Å². The minimum atomic E-state index is -0.200. The van der Waals surface area contributed by atoms with Gasteiger partial charge < -0.3 is 19.4 Å². The molecule has 1 aromatic carbocycles. The predicted molar refractivity (Wildman–Crippen MR) is 112 cm³/mol. The molecular formula is C22H27N3O4. The van der Waals surface area contributed by atoms with Gasteiger partial charge in [-0.2, -0.15) is 0 Å². The average Bonchev–Trinajstić information content (AvgIpc) is 2.75. The number of pyridine rings is 1. The number of nitrogens with zero attached hydrogens (tertiary/aromatic N) is 2. The molecule has 1 saturated heterocycles. The summed E-state index contributed by atoms with van der Waals surface area (Å²) < 4.78 is 12.8. The molecule has 2 aromatic rings. The topological polar surface area (TPSA) is 72.8 Å². The van der Waals surface area contributed by atoms with Crippen molar-refractivity contribution in [1.29, 1.82) is 0 Å². The lowest BCUT2D eigenvalue weighted by Crippen LogP contribution is -2.38.